The van der Waals surface area contributed by atoms with Crippen LogP contribution in [0.1, 0.15) is 15.9 Å². The molecule has 0 aliphatic carbocycles. The van der Waals surface area contributed by atoms with E-state index in [9.17, 15) is 9.59 Å². The van der Waals surface area contributed by atoms with Crippen molar-refractivity contribution in [3.63, 3.8) is 0 Å². The van der Waals surface area contributed by atoms with E-state index >= 15 is 0 Å². The fourth-order valence-electron chi connectivity index (χ4n) is 3.69. The second kappa shape index (κ2) is 11.8. The van der Waals surface area contributed by atoms with E-state index in [-0.39, 0.29) is 11.8 Å². The molecule has 4 rings (SSSR count). The number of hydrogen-bond acceptors (Lipinski definition) is 3. The zero-order valence-electron chi connectivity index (χ0n) is 18.7. The molecule has 5 nitrogen and oxygen atoms in total. The van der Waals surface area contributed by atoms with Gasteiger partial charge in [0.2, 0.25) is 5.91 Å². The van der Waals surface area contributed by atoms with E-state index in [2.05, 4.69) is 45.7 Å². The molecule has 0 aliphatic rings. The average Bonchev–Trinajstić information content (AvgIpc) is 3.21. The Morgan fingerprint density at radius 3 is 2.38 bits per heavy atom. The Hall–Kier alpha value is -3.22. The highest BCUT2D eigenvalue weighted by atomic mass is 35.5. The summed E-state index contributed by atoms with van der Waals surface area (Å²) in [6.45, 7) is 1.74. The summed E-state index contributed by atoms with van der Waals surface area (Å²) >= 11 is 7.42. The van der Waals surface area contributed by atoms with Crippen LogP contribution in [0.4, 0.5) is 0 Å². The van der Waals surface area contributed by atoms with Crippen LogP contribution in [0, 0.1) is 0 Å². The van der Waals surface area contributed by atoms with Crippen LogP contribution >= 0.6 is 23.4 Å². The number of aromatic nitrogens is 1. The van der Waals surface area contributed by atoms with E-state index in [4.69, 9.17) is 11.6 Å². The first-order valence-electron chi connectivity index (χ1n) is 11.2. The standard InChI is InChI=1S/C27H26ClN3O2S/c28-22-12-10-21(11-13-22)27(33)30-16-17-31-18-25(23-8-4-5-9-24(23)31)34-19-26(32)29-15-14-20-6-2-1-3-7-20/h1-13,18H,14-17,19H2,(H,29,32)(H,30,33). The van der Waals surface area contributed by atoms with Gasteiger partial charge in [-0.15, -0.1) is 11.8 Å². The first kappa shape index (κ1) is 23.9. The summed E-state index contributed by atoms with van der Waals surface area (Å²) in [6.07, 6.45) is 2.87. The molecule has 2 amide bonds. The molecule has 0 aliphatic heterocycles. The molecule has 34 heavy (non-hydrogen) atoms. The summed E-state index contributed by atoms with van der Waals surface area (Å²) < 4.78 is 2.12. The quantitative estimate of drug-likeness (QED) is 0.301. The molecule has 1 heterocycles. The smallest absolute Gasteiger partial charge is 0.251 e. The molecule has 7 heteroatoms. The van der Waals surface area contributed by atoms with Crippen molar-refractivity contribution < 1.29 is 9.59 Å². The molecule has 0 unspecified atom stereocenters. The van der Waals surface area contributed by atoms with Crippen LogP contribution in [-0.4, -0.2) is 35.2 Å². The fourth-order valence-corrected chi connectivity index (χ4v) is 4.74. The average molecular weight is 492 g/mol. The topological polar surface area (TPSA) is 63.1 Å². The minimum absolute atomic E-state index is 0.0213. The number of amides is 2. The monoisotopic (exact) mass is 491 g/mol. The van der Waals surface area contributed by atoms with Gasteiger partial charge in [-0.05, 0) is 42.3 Å². The minimum Gasteiger partial charge on any atom is -0.355 e. The molecule has 0 saturated carbocycles. The molecule has 1 aromatic heterocycles. The number of carbonyl (C=O) groups excluding carboxylic acids is 2. The number of halogens is 1. The van der Waals surface area contributed by atoms with Crippen LogP contribution in [-0.2, 0) is 17.8 Å². The van der Waals surface area contributed by atoms with E-state index in [1.807, 2.05) is 30.3 Å². The highest BCUT2D eigenvalue weighted by Gasteiger charge is 2.11. The lowest BCUT2D eigenvalue weighted by atomic mass is 10.1. The Morgan fingerprint density at radius 1 is 0.853 bits per heavy atom. The molecular formula is C27H26ClN3O2S. The largest absolute Gasteiger partial charge is 0.355 e. The summed E-state index contributed by atoms with van der Waals surface area (Å²) in [4.78, 5) is 25.8. The summed E-state index contributed by atoms with van der Waals surface area (Å²) in [7, 11) is 0. The van der Waals surface area contributed by atoms with Crippen molar-refractivity contribution in [3.8, 4) is 0 Å². The number of carbonyl (C=O) groups is 2. The third-order valence-corrected chi connectivity index (χ3v) is 6.73. The van der Waals surface area contributed by atoms with Crippen molar-refractivity contribution in [1.29, 1.82) is 0 Å². The van der Waals surface area contributed by atoms with E-state index in [1.54, 1.807) is 24.3 Å². The Labute approximate surface area is 208 Å². The molecule has 0 radical (unpaired) electrons. The lowest BCUT2D eigenvalue weighted by Crippen LogP contribution is -2.27. The zero-order chi connectivity index (χ0) is 23.8. The number of benzene rings is 3. The summed E-state index contributed by atoms with van der Waals surface area (Å²) in [5.74, 6) is 0.249. The Balaban J connectivity index is 1.30. The van der Waals surface area contributed by atoms with Crippen LogP contribution in [0.3, 0.4) is 0 Å². The number of nitrogens with zero attached hydrogens (tertiary/aromatic N) is 1. The van der Waals surface area contributed by atoms with E-state index < -0.39 is 0 Å². The van der Waals surface area contributed by atoms with Gasteiger partial charge in [0.25, 0.3) is 5.91 Å². The molecule has 2 N–H and O–H groups in total. The molecule has 0 saturated heterocycles. The number of thioether (sulfide) groups is 1. The number of para-hydroxylation sites is 1. The Bertz CT molecular complexity index is 1260. The molecule has 4 aromatic rings. The summed E-state index contributed by atoms with van der Waals surface area (Å²) in [5.41, 5.74) is 2.87. The van der Waals surface area contributed by atoms with Crippen molar-refractivity contribution in [1.82, 2.24) is 15.2 Å². The number of rotatable bonds is 10. The summed E-state index contributed by atoms with van der Waals surface area (Å²) in [6, 6.07) is 25.1. The van der Waals surface area contributed by atoms with Gasteiger partial charge in [0.15, 0.2) is 0 Å². The highest BCUT2D eigenvalue weighted by molar-refractivity contribution is 8.00. The number of fused-ring (bicyclic) bond motifs is 1. The predicted octanol–water partition coefficient (Wildman–Crippen LogP) is 5.18. The van der Waals surface area contributed by atoms with E-state index in [1.165, 1.54) is 17.3 Å². The van der Waals surface area contributed by atoms with Crippen LogP contribution < -0.4 is 10.6 Å². The van der Waals surface area contributed by atoms with Crippen LogP contribution in [0.5, 0.6) is 0 Å². The molecule has 0 atom stereocenters. The lowest BCUT2D eigenvalue weighted by molar-refractivity contribution is -0.118. The van der Waals surface area contributed by atoms with Gasteiger partial charge >= 0.3 is 0 Å². The fraction of sp³-hybridized carbons (Fsp3) is 0.185. The van der Waals surface area contributed by atoms with Gasteiger partial charge in [-0.3, -0.25) is 9.59 Å². The van der Waals surface area contributed by atoms with Crippen LogP contribution in [0.2, 0.25) is 5.02 Å². The number of hydrogen-bond donors (Lipinski definition) is 2. The summed E-state index contributed by atoms with van der Waals surface area (Å²) in [5, 5.41) is 7.66. The second-order valence-electron chi connectivity index (χ2n) is 7.84. The van der Waals surface area contributed by atoms with Gasteiger partial charge in [0.05, 0.1) is 5.75 Å². The van der Waals surface area contributed by atoms with E-state index in [0.717, 1.165) is 22.2 Å². The maximum absolute atomic E-state index is 12.4. The molecule has 0 spiro atoms. The van der Waals surface area contributed by atoms with E-state index in [0.29, 0.717) is 36.0 Å². The minimum atomic E-state index is -0.130. The van der Waals surface area contributed by atoms with Gasteiger partial charge in [0, 0.05) is 52.2 Å². The predicted molar refractivity (Wildman–Crippen MR) is 140 cm³/mol. The third kappa shape index (κ3) is 6.43. The SMILES string of the molecule is O=C(CSc1cn(CCNC(=O)c2ccc(Cl)cc2)c2ccccc12)NCCc1ccccc1. The van der Waals surface area contributed by atoms with Crippen molar-refractivity contribution in [2.75, 3.05) is 18.8 Å². The van der Waals surface area contributed by atoms with Gasteiger partial charge in [-0.1, -0.05) is 60.1 Å². The zero-order valence-corrected chi connectivity index (χ0v) is 20.2. The van der Waals surface area contributed by atoms with Crippen molar-refractivity contribution in [2.24, 2.45) is 0 Å². The first-order valence-corrected chi connectivity index (χ1v) is 12.5. The van der Waals surface area contributed by atoms with Crippen LogP contribution in [0.15, 0.2) is 90.0 Å². The van der Waals surface area contributed by atoms with Gasteiger partial charge in [0.1, 0.15) is 0 Å². The maximum Gasteiger partial charge on any atom is 0.251 e. The normalized spacial score (nSPS) is 10.9. The first-order chi connectivity index (χ1) is 16.6. The number of nitrogens with one attached hydrogen (secondary N) is 2. The third-order valence-electron chi connectivity index (χ3n) is 5.43. The molecule has 0 fully saturated rings. The second-order valence-corrected chi connectivity index (χ2v) is 9.29. The van der Waals surface area contributed by atoms with Crippen molar-refractivity contribution in [2.45, 2.75) is 17.9 Å². The van der Waals surface area contributed by atoms with Gasteiger partial charge < -0.3 is 15.2 Å². The Kier molecular flexibility index (Phi) is 8.28. The van der Waals surface area contributed by atoms with Gasteiger partial charge in [-0.25, -0.2) is 0 Å². The lowest BCUT2D eigenvalue weighted by Gasteiger charge is -2.08. The molecular weight excluding hydrogens is 466 g/mol. The molecule has 174 valence electrons. The molecule has 0 bridgehead atoms. The molecule has 3 aromatic carbocycles. The Morgan fingerprint density at radius 2 is 1.59 bits per heavy atom. The highest BCUT2D eigenvalue weighted by Crippen LogP contribution is 2.29. The maximum atomic E-state index is 12.4. The van der Waals surface area contributed by atoms with Crippen LogP contribution in [0.25, 0.3) is 10.9 Å². The van der Waals surface area contributed by atoms with Crippen molar-refractivity contribution in [3.05, 3.63) is 101 Å². The van der Waals surface area contributed by atoms with Crippen molar-refractivity contribution >= 4 is 46.1 Å². The van der Waals surface area contributed by atoms with Gasteiger partial charge in [-0.2, -0.15) is 0 Å².